The molecule has 0 bridgehead atoms. The third kappa shape index (κ3) is 5.07. The van der Waals surface area contributed by atoms with Crippen molar-refractivity contribution in [1.82, 2.24) is 14.6 Å². The first-order chi connectivity index (χ1) is 16.6. The van der Waals surface area contributed by atoms with Gasteiger partial charge in [-0.2, -0.15) is 9.78 Å². The highest BCUT2D eigenvalue weighted by Crippen LogP contribution is 2.36. The molecule has 2 heterocycles. The molecule has 0 aliphatic carbocycles. The van der Waals surface area contributed by atoms with E-state index in [4.69, 9.17) is 4.74 Å². The number of nitrogens with zero attached hydrogens (tertiary/aromatic N) is 6. The number of hydrogen-bond acceptors (Lipinski definition) is 9. The highest BCUT2D eigenvalue weighted by Gasteiger charge is 2.22. The summed E-state index contributed by atoms with van der Waals surface area (Å²) in [6, 6.07) is 10.2. The number of pyridine rings is 1. The first-order valence-electron chi connectivity index (χ1n) is 9.63. The van der Waals surface area contributed by atoms with E-state index in [2.05, 4.69) is 46.9 Å². The molecule has 0 saturated carbocycles. The predicted octanol–water partition coefficient (Wildman–Crippen LogP) is 5.12. The quantitative estimate of drug-likeness (QED) is 0.167. The summed E-state index contributed by atoms with van der Waals surface area (Å²) in [6.45, 7) is 1.60. The van der Waals surface area contributed by atoms with E-state index in [9.17, 15) is 25.0 Å². The Bertz CT molecular complexity index is 1590. The van der Waals surface area contributed by atoms with E-state index in [1.54, 1.807) is 25.1 Å². The lowest BCUT2D eigenvalue weighted by atomic mass is 10.2. The fourth-order valence-electron chi connectivity index (χ4n) is 3.10. The zero-order chi connectivity index (χ0) is 25.3. The number of fused-ring (bicyclic) bond motifs is 1. The molecule has 0 spiro atoms. The minimum Gasteiger partial charge on any atom is -0.431 e. The number of benzene rings is 2. The van der Waals surface area contributed by atoms with Crippen molar-refractivity contribution in [1.29, 1.82) is 0 Å². The number of nitro benzene ring substituents is 1. The van der Waals surface area contributed by atoms with Gasteiger partial charge in [-0.15, -0.1) is 0 Å². The zero-order valence-corrected chi connectivity index (χ0v) is 20.8. The van der Waals surface area contributed by atoms with E-state index in [0.717, 1.165) is 16.9 Å². The van der Waals surface area contributed by atoms with Gasteiger partial charge in [0.25, 0.3) is 11.2 Å². The lowest BCUT2D eigenvalue weighted by molar-refractivity contribution is -0.385. The van der Waals surface area contributed by atoms with Crippen LogP contribution in [0, 0.1) is 27.2 Å². The van der Waals surface area contributed by atoms with Gasteiger partial charge in [-0.3, -0.25) is 25.0 Å². The first-order valence-corrected chi connectivity index (χ1v) is 11.2. The molecule has 2 aromatic carbocycles. The lowest BCUT2D eigenvalue weighted by Crippen LogP contribution is -2.20. The van der Waals surface area contributed by atoms with Gasteiger partial charge in [-0.25, -0.2) is 9.97 Å². The number of nitro groups is 2. The number of rotatable bonds is 6. The topological polar surface area (TPSA) is 156 Å². The summed E-state index contributed by atoms with van der Waals surface area (Å²) < 4.78 is 7.75. The molecule has 4 aromatic rings. The molecule has 0 fully saturated rings. The third-order valence-corrected chi connectivity index (χ3v) is 5.63. The average Bonchev–Trinajstić information content (AvgIpc) is 2.81. The minimum atomic E-state index is -0.657. The van der Waals surface area contributed by atoms with Gasteiger partial charge in [-0.1, -0.05) is 31.9 Å². The van der Waals surface area contributed by atoms with Crippen LogP contribution in [0.25, 0.3) is 10.9 Å². The van der Waals surface area contributed by atoms with E-state index in [1.165, 1.54) is 24.4 Å². The van der Waals surface area contributed by atoms with Crippen LogP contribution in [0.15, 0.2) is 67.5 Å². The molecular formula is C21H12Br2N6O6. The number of ether oxygens (including phenoxy) is 1. The largest absolute Gasteiger partial charge is 0.431 e. The molecular weight excluding hydrogens is 592 g/mol. The summed E-state index contributed by atoms with van der Waals surface area (Å²) in [7, 11) is 0. The van der Waals surface area contributed by atoms with Gasteiger partial charge >= 0.3 is 5.69 Å². The molecule has 0 amide bonds. The van der Waals surface area contributed by atoms with Gasteiger partial charge in [0.05, 0.1) is 27.0 Å². The molecule has 2 aromatic heterocycles. The summed E-state index contributed by atoms with van der Waals surface area (Å²) in [5.74, 6) is -0.0307. The maximum absolute atomic E-state index is 13.0. The molecule has 12 nitrogen and oxygen atoms in total. The van der Waals surface area contributed by atoms with Gasteiger partial charge in [-0.05, 0) is 31.2 Å². The fraction of sp³-hybridized carbons (Fsp3) is 0.0476. The Hall–Kier alpha value is -4.04. The van der Waals surface area contributed by atoms with E-state index in [1.807, 2.05) is 0 Å². The molecule has 4 rings (SSSR count). The molecule has 0 unspecified atom stereocenters. The molecule has 176 valence electrons. The molecule has 0 radical (unpaired) electrons. The summed E-state index contributed by atoms with van der Waals surface area (Å²) in [4.78, 5) is 42.5. The minimum absolute atomic E-state index is 0.110. The van der Waals surface area contributed by atoms with Gasteiger partial charge in [0.15, 0.2) is 0 Å². The summed E-state index contributed by atoms with van der Waals surface area (Å²) in [5, 5.41) is 27.1. The lowest BCUT2D eigenvalue weighted by Gasteiger charge is -2.10. The van der Waals surface area contributed by atoms with Crippen LogP contribution in [-0.2, 0) is 0 Å². The third-order valence-electron chi connectivity index (χ3n) is 4.68. The van der Waals surface area contributed by atoms with Crippen LogP contribution in [0.3, 0.4) is 0 Å². The Morgan fingerprint density at radius 2 is 1.83 bits per heavy atom. The van der Waals surface area contributed by atoms with E-state index < -0.39 is 21.1 Å². The van der Waals surface area contributed by atoms with Gasteiger partial charge in [0, 0.05) is 32.7 Å². The Labute approximate surface area is 212 Å². The van der Waals surface area contributed by atoms with Crippen LogP contribution in [-0.4, -0.2) is 30.7 Å². The Morgan fingerprint density at radius 3 is 2.49 bits per heavy atom. The van der Waals surface area contributed by atoms with E-state index in [0.29, 0.717) is 25.7 Å². The summed E-state index contributed by atoms with van der Waals surface area (Å²) in [5.41, 5.74) is -0.477. The number of hydrogen-bond donors (Lipinski definition) is 0. The van der Waals surface area contributed by atoms with Crippen molar-refractivity contribution >= 4 is 60.4 Å². The van der Waals surface area contributed by atoms with Crippen LogP contribution in [0.4, 0.5) is 11.4 Å². The SMILES string of the molecule is Cc1nc2ccc(Br)cc2c(=O)n1N=Cc1cc(Br)cc([N+](=O)[O-])c1Oc1ccc([N+](=O)[O-])cn1. The van der Waals surface area contributed by atoms with Crippen molar-refractivity contribution in [3.05, 3.63) is 99.6 Å². The Morgan fingerprint density at radius 1 is 1.06 bits per heavy atom. The van der Waals surface area contributed by atoms with Crippen molar-refractivity contribution in [2.75, 3.05) is 0 Å². The molecule has 14 heteroatoms. The van der Waals surface area contributed by atoms with Gasteiger partial charge < -0.3 is 4.74 Å². The second-order valence-electron chi connectivity index (χ2n) is 7.00. The second-order valence-corrected chi connectivity index (χ2v) is 8.83. The molecule has 0 N–H and O–H groups in total. The van der Waals surface area contributed by atoms with Crippen LogP contribution >= 0.6 is 31.9 Å². The highest BCUT2D eigenvalue weighted by molar-refractivity contribution is 9.10. The van der Waals surface area contributed by atoms with Crippen molar-refractivity contribution in [2.45, 2.75) is 6.92 Å². The molecule has 35 heavy (non-hydrogen) atoms. The molecule has 0 atom stereocenters. The monoisotopic (exact) mass is 602 g/mol. The van der Waals surface area contributed by atoms with Gasteiger partial charge in [0.1, 0.15) is 12.0 Å². The van der Waals surface area contributed by atoms with Crippen LogP contribution < -0.4 is 10.3 Å². The smallest absolute Gasteiger partial charge is 0.313 e. The van der Waals surface area contributed by atoms with Crippen LogP contribution in [0.1, 0.15) is 11.4 Å². The normalized spacial score (nSPS) is 11.2. The van der Waals surface area contributed by atoms with E-state index in [-0.39, 0.29) is 22.9 Å². The first kappa shape index (κ1) is 24.1. The van der Waals surface area contributed by atoms with E-state index >= 15 is 0 Å². The predicted molar refractivity (Wildman–Crippen MR) is 133 cm³/mol. The number of aromatic nitrogens is 3. The molecule has 0 saturated heterocycles. The van der Waals surface area contributed by atoms with Crippen LogP contribution in [0.2, 0.25) is 0 Å². The van der Waals surface area contributed by atoms with Crippen molar-refractivity contribution in [3.8, 4) is 11.6 Å². The summed E-state index contributed by atoms with van der Waals surface area (Å²) >= 11 is 6.55. The van der Waals surface area contributed by atoms with Crippen LogP contribution in [0.5, 0.6) is 11.6 Å². The maximum Gasteiger partial charge on any atom is 0.313 e. The average molecular weight is 604 g/mol. The standard InChI is InChI=1S/C21H12Br2N6O6/c1-11-26-17-4-2-13(22)7-16(17)21(30)27(11)25-9-12-6-14(23)8-18(29(33)34)20(12)35-19-5-3-15(10-24-19)28(31)32/h2-10H,1H3. The second kappa shape index (κ2) is 9.68. The number of halogens is 2. The van der Waals surface area contributed by atoms with Crippen molar-refractivity contribution in [3.63, 3.8) is 0 Å². The Balaban J connectivity index is 1.82. The maximum atomic E-state index is 13.0. The molecule has 0 aliphatic rings. The van der Waals surface area contributed by atoms with Crippen molar-refractivity contribution < 1.29 is 14.6 Å². The van der Waals surface area contributed by atoms with Crippen molar-refractivity contribution in [2.24, 2.45) is 5.10 Å². The zero-order valence-electron chi connectivity index (χ0n) is 17.6. The summed E-state index contributed by atoms with van der Waals surface area (Å²) in [6.07, 6.45) is 2.19. The van der Waals surface area contributed by atoms with Gasteiger partial charge in [0.2, 0.25) is 11.6 Å². The highest BCUT2D eigenvalue weighted by atomic mass is 79.9. The number of aryl methyl sites for hydroxylation is 1. The fourth-order valence-corrected chi connectivity index (χ4v) is 3.93. The molecule has 0 aliphatic heterocycles. The Kier molecular flexibility index (Phi) is 6.66.